The van der Waals surface area contributed by atoms with Crippen molar-refractivity contribution in [3.63, 3.8) is 0 Å². The standard InChI is InChI=1S/C14H12F3N3O/c1-8-5-6-19-7-11(8)20-13(21)9-3-2-4-10(12(9)18)14(15,16)17/h2-7H,18H2,1H3,(H,20,21). The summed E-state index contributed by atoms with van der Waals surface area (Å²) >= 11 is 0. The second-order valence-electron chi connectivity index (χ2n) is 4.41. The molecule has 0 fully saturated rings. The molecule has 0 saturated carbocycles. The topological polar surface area (TPSA) is 68.0 Å². The van der Waals surface area contributed by atoms with Gasteiger partial charge >= 0.3 is 6.18 Å². The van der Waals surface area contributed by atoms with E-state index < -0.39 is 23.3 Å². The molecule has 21 heavy (non-hydrogen) atoms. The molecule has 1 heterocycles. The Kier molecular flexibility index (Phi) is 3.84. The number of anilines is 2. The molecule has 0 unspecified atom stereocenters. The lowest BCUT2D eigenvalue weighted by molar-refractivity contribution is -0.136. The minimum absolute atomic E-state index is 0.229. The first-order valence-corrected chi connectivity index (χ1v) is 5.98. The van der Waals surface area contributed by atoms with Crippen molar-refractivity contribution in [2.45, 2.75) is 13.1 Å². The van der Waals surface area contributed by atoms with Gasteiger partial charge in [0.15, 0.2) is 0 Å². The third-order valence-electron chi connectivity index (χ3n) is 2.94. The van der Waals surface area contributed by atoms with Gasteiger partial charge in [-0.15, -0.1) is 0 Å². The lowest BCUT2D eigenvalue weighted by atomic mass is 10.1. The number of nitrogens with zero attached hydrogens (tertiary/aromatic N) is 1. The number of alkyl halides is 3. The quantitative estimate of drug-likeness (QED) is 0.836. The van der Waals surface area contributed by atoms with Gasteiger partial charge in [0.05, 0.1) is 28.7 Å². The molecule has 2 rings (SSSR count). The van der Waals surface area contributed by atoms with Crippen molar-refractivity contribution < 1.29 is 18.0 Å². The zero-order valence-corrected chi connectivity index (χ0v) is 11.0. The number of aromatic nitrogens is 1. The largest absolute Gasteiger partial charge is 0.418 e. The fourth-order valence-electron chi connectivity index (χ4n) is 1.79. The average molecular weight is 295 g/mol. The summed E-state index contributed by atoms with van der Waals surface area (Å²) in [5, 5.41) is 2.50. The maximum Gasteiger partial charge on any atom is 0.418 e. The number of para-hydroxylation sites is 1. The molecule has 4 nitrogen and oxygen atoms in total. The van der Waals surface area contributed by atoms with E-state index in [1.54, 1.807) is 19.2 Å². The Bertz CT molecular complexity index is 683. The Morgan fingerprint density at radius 3 is 2.62 bits per heavy atom. The number of rotatable bonds is 2. The van der Waals surface area contributed by atoms with Gasteiger partial charge in [-0.05, 0) is 30.7 Å². The number of nitrogen functional groups attached to an aromatic ring is 1. The highest BCUT2D eigenvalue weighted by Crippen LogP contribution is 2.35. The minimum Gasteiger partial charge on any atom is -0.398 e. The van der Waals surface area contributed by atoms with Crippen LogP contribution >= 0.6 is 0 Å². The van der Waals surface area contributed by atoms with E-state index in [-0.39, 0.29) is 5.56 Å². The van der Waals surface area contributed by atoms with Gasteiger partial charge in [-0.25, -0.2) is 0 Å². The maximum atomic E-state index is 12.8. The lowest BCUT2D eigenvalue weighted by Crippen LogP contribution is -2.18. The van der Waals surface area contributed by atoms with E-state index in [9.17, 15) is 18.0 Å². The Hall–Kier alpha value is -2.57. The molecular weight excluding hydrogens is 283 g/mol. The average Bonchev–Trinajstić information content (AvgIpc) is 2.40. The summed E-state index contributed by atoms with van der Waals surface area (Å²) in [6.07, 6.45) is -1.65. The van der Waals surface area contributed by atoms with Crippen molar-refractivity contribution in [3.05, 3.63) is 53.3 Å². The molecule has 110 valence electrons. The highest BCUT2D eigenvalue weighted by atomic mass is 19.4. The van der Waals surface area contributed by atoms with Crippen molar-refractivity contribution in [1.29, 1.82) is 0 Å². The van der Waals surface area contributed by atoms with E-state index in [1.165, 1.54) is 12.3 Å². The number of benzene rings is 1. The smallest absolute Gasteiger partial charge is 0.398 e. The Balaban J connectivity index is 2.35. The molecule has 7 heteroatoms. The number of nitrogens with one attached hydrogen (secondary N) is 1. The summed E-state index contributed by atoms with van der Waals surface area (Å²) in [7, 11) is 0. The molecule has 0 aliphatic carbocycles. The molecule has 1 aromatic heterocycles. The summed E-state index contributed by atoms with van der Waals surface area (Å²) in [5.41, 5.74) is 4.77. The van der Waals surface area contributed by atoms with Crippen molar-refractivity contribution in [3.8, 4) is 0 Å². The third-order valence-corrected chi connectivity index (χ3v) is 2.94. The van der Waals surface area contributed by atoms with Gasteiger partial charge in [-0.2, -0.15) is 13.2 Å². The Morgan fingerprint density at radius 1 is 1.29 bits per heavy atom. The van der Waals surface area contributed by atoms with E-state index in [1.807, 2.05) is 0 Å². The van der Waals surface area contributed by atoms with Crippen molar-refractivity contribution in [2.75, 3.05) is 11.1 Å². The first kappa shape index (κ1) is 14.8. The fourth-order valence-corrected chi connectivity index (χ4v) is 1.79. The van der Waals surface area contributed by atoms with Gasteiger partial charge < -0.3 is 11.1 Å². The second-order valence-corrected chi connectivity index (χ2v) is 4.41. The van der Waals surface area contributed by atoms with Crippen molar-refractivity contribution in [1.82, 2.24) is 4.98 Å². The molecular formula is C14H12F3N3O. The van der Waals surface area contributed by atoms with Crippen LogP contribution < -0.4 is 11.1 Å². The Morgan fingerprint density at radius 2 is 2.00 bits per heavy atom. The van der Waals surface area contributed by atoms with Gasteiger partial charge in [0.2, 0.25) is 0 Å². The van der Waals surface area contributed by atoms with E-state index in [0.29, 0.717) is 5.69 Å². The van der Waals surface area contributed by atoms with Crippen LogP contribution in [0.3, 0.4) is 0 Å². The van der Waals surface area contributed by atoms with Gasteiger partial charge in [0.25, 0.3) is 5.91 Å². The minimum atomic E-state index is -4.61. The zero-order valence-electron chi connectivity index (χ0n) is 11.0. The third kappa shape index (κ3) is 3.13. The summed E-state index contributed by atoms with van der Waals surface area (Å²) < 4.78 is 38.3. The number of carbonyl (C=O) groups excluding carboxylic acids is 1. The number of halogens is 3. The summed E-state index contributed by atoms with van der Waals surface area (Å²) in [6.45, 7) is 1.74. The maximum absolute atomic E-state index is 12.8. The van der Waals surface area contributed by atoms with E-state index in [4.69, 9.17) is 5.73 Å². The number of aryl methyl sites for hydroxylation is 1. The normalized spacial score (nSPS) is 11.2. The molecule has 0 aliphatic rings. The zero-order chi connectivity index (χ0) is 15.6. The fraction of sp³-hybridized carbons (Fsp3) is 0.143. The van der Waals surface area contributed by atoms with Gasteiger partial charge in [-0.1, -0.05) is 6.07 Å². The highest BCUT2D eigenvalue weighted by Gasteiger charge is 2.34. The van der Waals surface area contributed by atoms with Crippen molar-refractivity contribution in [2.24, 2.45) is 0 Å². The number of hydrogen-bond acceptors (Lipinski definition) is 3. The van der Waals surface area contributed by atoms with Crippen LogP contribution in [0, 0.1) is 6.92 Å². The first-order chi connectivity index (χ1) is 9.80. The van der Waals surface area contributed by atoms with Crippen molar-refractivity contribution >= 4 is 17.3 Å². The van der Waals surface area contributed by atoms with Crippen LogP contribution in [0.1, 0.15) is 21.5 Å². The van der Waals surface area contributed by atoms with Gasteiger partial charge in [0.1, 0.15) is 0 Å². The van der Waals surface area contributed by atoms with E-state index in [2.05, 4.69) is 10.3 Å². The molecule has 2 aromatic rings. The molecule has 0 aliphatic heterocycles. The molecule has 0 spiro atoms. The molecule has 1 amide bonds. The molecule has 0 atom stereocenters. The number of amides is 1. The highest BCUT2D eigenvalue weighted by molar-refractivity contribution is 6.08. The number of hydrogen-bond donors (Lipinski definition) is 2. The molecule has 0 radical (unpaired) electrons. The summed E-state index contributed by atoms with van der Waals surface area (Å²) in [5.74, 6) is -0.713. The first-order valence-electron chi connectivity index (χ1n) is 5.98. The lowest BCUT2D eigenvalue weighted by Gasteiger charge is -2.14. The molecule has 0 bridgehead atoms. The molecule has 1 aromatic carbocycles. The van der Waals surface area contributed by atoms with Crippen LogP contribution in [0.4, 0.5) is 24.5 Å². The SMILES string of the molecule is Cc1ccncc1NC(=O)c1cccc(C(F)(F)F)c1N. The second kappa shape index (κ2) is 5.43. The van der Waals surface area contributed by atoms with Crippen LogP contribution in [-0.4, -0.2) is 10.9 Å². The predicted octanol–water partition coefficient (Wildman–Crippen LogP) is 3.24. The van der Waals surface area contributed by atoms with Crippen LogP contribution in [-0.2, 0) is 6.18 Å². The van der Waals surface area contributed by atoms with Crippen LogP contribution in [0.25, 0.3) is 0 Å². The number of carbonyl (C=O) groups is 1. The van der Waals surface area contributed by atoms with Gasteiger partial charge in [-0.3, -0.25) is 9.78 Å². The summed E-state index contributed by atoms with van der Waals surface area (Å²) in [6, 6.07) is 4.89. The number of pyridine rings is 1. The van der Waals surface area contributed by atoms with Crippen LogP contribution in [0.5, 0.6) is 0 Å². The number of nitrogens with two attached hydrogens (primary N) is 1. The Labute approximate surface area is 118 Å². The van der Waals surface area contributed by atoms with E-state index >= 15 is 0 Å². The summed E-state index contributed by atoms with van der Waals surface area (Å²) in [4.78, 5) is 15.9. The van der Waals surface area contributed by atoms with E-state index in [0.717, 1.165) is 17.7 Å². The molecule has 3 N–H and O–H groups in total. The molecule has 0 saturated heterocycles. The van der Waals surface area contributed by atoms with Crippen LogP contribution in [0.2, 0.25) is 0 Å². The van der Waals surface area contributed by atoms with Gasteiger partial charge in [0, 0.05) is 6.20 Å². The monoisotopic (exact) mass is 295 g/mol. The predicted molar refractivity (Wildman–Crippen MR) is 72.8 cm³/mol. The van der Waals surface area contributed by atoms with Crippen LogP contribution in [0.15, 0.2) is 36.7 Å².